The zero-order valence-corrected chi connectivity index (χ0v) is 20.2. The number of hydrogen-bond donors (Lipinski definition) is 2. The van der Waals surface area contributed by atoms with E-state index in [0.717, 1.165) is 42.6 Å². The van der Waals surface area contributed by atoms with Crippen LogP contribution in [0, 0.1) is 13.8 Å². The SMILES string of the molecule is Cc1cccc(NC(=O)CSc2nc3ccc(NC(=O)CCc4ccccc4)cc3s2)c1C. The highest BCUT2D eigenvalue weighted by atomic mass is 32.2. The van der Waals surface area contributed by atoms with Crippen molar-refractivity contribution in [2.45, 2.75) is 31.0 Å². The molecule has 2 N–H and O–H groups in total. The molecule has 1 heterocycles. The molecule has 0 spiro atoms. The van der Waals surface area contributed by atoms with E-state index in [0.29, 0.717) is 12.8 Å². The Hall–Kier alpha value is -3.16. The van der Waals surface area contributed by atoms with Gasteiger partial charge in [-0.25, -0.2) is 4.98 Å². The third-order valence-electron chi connectivity index (χ3n) is 5.34. The maximum atomic E-state index is 12.4. The van der Waals surface area contributed by atoms with Gasteiger partial charge in [0, 0.05) is 17.8 Å². The van der Waals surface area contributed by atoms with Gasteiger partial charge in [-0.1, -0.05) is 54.2 Å². The number of rotatable bonds is 8. The molecule has 33 heavy (non-hydrogen) atoms. The lowest BCUT2D eigenvalue weighted by Gasteiger charge is -2.09. The monoisotopic (exact) mass is 475 g/mol. The van der Waals surface area contributed by atoms with Crippen LogP contribution in [0.15, 0.2) is 71.1 Å². The quantitative estimate of drug-likeness (QED) is 0.297. The normalized spacial score (nSPS) is 10.8. The van der Waals surface area contributed by atoms with Crippen LogP contribution in [0.1, 0.15) is 23.1 Å². The molecule has 168 valence electrons. The molecular formula is C26H25N3O2S2. The molecule has 4 rings (SSSR count). The third-order valence-corrected chi connectivity index (χ3v) is 7.50. The molecule has 0 unspecified atom stereocenters. The fourth-order valence-electron chi connectivity index (χ4n) is 3.37. The second-order valence-corrected chi connectivity index (χ2v) is 10.0. The van der Waals surface area contributed by atoms with E-state index in [-0.39, 0.29) is 17.6 Å². The number of nitrogens with one attached hydrogen (secondary N) is 2. The molecule has 7 heteroatoms. The van der Waals surface area contributed by atoms with E-state index in [1.54, 1.807) is 0 Å². The summed E-state index contributed by atoms with van der Waals surface area (Å²) in [5, 5.41) is 5.95. The topological polar surface area (TPSA) is 71.1 Å². The second-order valence-electron chi connectivity index (χ2n) is 7.78. The number of benzene rings is 3. The molecule has 0 aliphatic rings. The Kier molecular flexibility index (Phi) is 7.42. The maximum absolute atomic E-state index is 12.4. The van der Waals surface area contributed by atoms with E-state index in [1.165, 1.54) is 23.1 Å². The van der Waals surface area contributed by atoms with Crippen LogP contribution in [0.25, 0.3) is 10.2 Å². The van der Waals surface area contributed by atoms with Gasteiger partial charge in [0.2, 0.25) is 11.8 Å². The number of nitrogens with zero attached hydrogens (tertiary/aromatic N) is 1. The van der Waals surface area contributed by atoms with Crippen molar-refractivity contribution >= 4 is 56.5 Å². The predicted molar refractivity (Wildman–Crippen MR) is 138 cm³/mol. The van der Waals surface area contributed by atoms with Crippen LogP contribution in [0.2, 0.25) is 0 Å². The van der Waals surface area contributed by atoms with Crippen LogP contribution >= 0.6 is 23.1 Å². The minimum absolute atomic E-state index is 0.0135. The molecule has 2 amide bonds. The number of carbonyl (C=O) groups excluding carboxylic acids is 2. The number of thiazole rings is 1. The molecule has 0 aliphatic heterocycles. The Morgan fingerprint density at radius 3 is 2.58 bits per heavy atom. The fourth-order valence-corrected chi connectivity index (χ4v) is 5.28. The summed E-state index contributed by atoms with van der Waals surface area (Å²) in [5.74, 6) is 0.218. The largest absolute Gasteiger partial charge is 0.326 e. The number of aromatic nitrogens is 1. The fraction of sp³-hybridized carbons (Fsp3) is 0.192. The summed E-state index contributed by atoms with van der Waals surface area (Å²) in [6.45, 7) is 4.03. The van der Waals surface area contributed by atoms with Gasteiger partial charge in [-0.05, 0) is 61.2 Å². The zero-order chi connectivity index (χ0) is 23.2. The molecule has 5 nitrogen and oxygen atoms in total. The van der Waals surface area contributed by atoms with Gasteiger partial charge in [-0.15, -0.1) is 11.3 Å². The van der Waals surface area contributed by atoms with Crippen LogP contribution in [0.5, 0.6) is 0 Å². The number of amides is 2. The van der Waals surface area contributed by atoms with Crippen molar-refractivity contribution in [3.63, 3.8) is 0 Å². The highest BCUT2D eigenvalue weighted by molar-refractivity contribution is 8.01. The average molecular weight is 476 g/mol. The average Bonchev–Trinajstić information content (AvgIpc) is 3.22. The van der Waals surface area contributed by atoms with E-state index in [1.807, 2.05) is 80.6 Å². The number of hydrogen-bond acceptors (Lipinski definition) is 5. The first-order chi connectivity index (χ1) is 16.0. The molecule has 0 fully saturated rings. The number of carbonyl (C=O) groups is 2. The van der Waals surface area contributed by atoms with Gasteiger partial charge in [0.05, 0.1) is 16.0 Å². The van der Waals surface area contributed by atoms with Crippen LogP contribution < -0.4 is 10.6 Å². The lowest BCUT2D eigenvalue weighted by atomic mass is 10.1. The van der Waals surface area contributed by atoms with Gasteiger partial charge in [0.25, 0.3) is 0 Å². The Balaban J connectivity index is 1.32. The minimum Gasteiger partial charge on any atom is -0.326 e. The van der Waals surface area contributed by atoms with Gasteiger partial charge in [-0.2, -0.15) is 0 Å². The Morgan fingerprint density at radius 2 is 1.76 bits per heavy atom. The van der Waals surface area contributed by atoms with E-state index in [4.69, 9.17) is 0 Å². The first-order valence-corrected chi connectivity index (χ1v) is 12.5. The number of fused-ring (bicyclic) bond motifs is 1. The summed E-state index contributed by atoms with van der Waals surface area (Å²) in [7, 11) is 0. The highest BCUT2D eigenvalue weighted by Crippen LogP contribution is 2.31. The van der Waals surface area contributed by atoms with Crippen molar-refractivity contribution in [1.82, 2.24) is 4.98 Å². The number of aryl methyl sites for hydroxylation is 2. The molecule has 0 saturated carbocycles. The van der Waals surface area contributed by atoms with Gasteiger partial charge in [0.1, 0.15) is 0 Å². The van der Waals surface area contributed by atoms with Gasteiger partial charge < -0.3 is 10.6 Å². The smallest absolute Gasteiger partial charge is 0.234 e. The molecule has 3 aromatic carbocycles. The van der Waals surface area contributed by atoms with E-state index in [9.17, 15) is 9.59 Å². The van der Waals surface area contributed by atoms with E-state index >= 15 is 0 Å². The van der Waals surface area contributed by atoms with Gasteiger partial charge >= 0.3 is 0 Å². The molecule has 0 atom stereocenters. The predicted octanol–water partition coefficient (Wildman–Crippen LogP) is 6.22. The van der Waals surface area contributed by atoms with Crippen LogP contribution in [-0.2, 0) is 16.0 Å². The summed E-state index contributed by atoms with van der Waals surface area (Å²) in [6, 6.07) is 21.6. The Morgan fingerprint density at radius 1 is 0.939 bits per heavy atom. The van der Waals surface area contributed by atoms with Crippen molar-refractivity contribution in [1.29, 1.82) is 0 Å². The molecular weight excluding hydrogens is 450 g/mol. The molecule has 1 aromatic heterocycles. The Labute approximate surface area is 201 Å². The number of anilines is 2. The van der Waals surface area contributed by atoms with E-state index in [2.05, 4.69) is 15.6 Å². The van der Waals surface area contributed by atoms with Crippen molar-refractivity contribution in [3.8, 4) is 0 Å². The first-order valence-electron chi connectivity index (χ1n) is 10.7. The summed E-state index contributed by atoms with van der Waals surface area (Å²) in [4.78, 5) is 29.3. The van der Waals surface area contributed by atoms with Crippen LogP contribution in [0.3, 0.4) is 0 Å². The number of thioether (sulfide) groups is 1. The summed E-state index contributed by atoms with van der Waals surface area (Å²) < 4.78 is 1.81. The lowest BCUT2D eigenvalue weighted by Crippen LogP contribution is -2.15. The summed E-state index contributed by atoms with van der Waals surface area (Å²) in [5.41, 5.74) is 5.84. The van der Waals surface area contributed by atoms with Gasteiger partial charge in [-0.3, -0.25) is 9.59 Å². The second kappa shape index (κ2) is 10.6. The minimum atomic E-state index is -0.0562. The van der Waals surface area contributed by atoms with E-state index < -0.39 is 0 Å². The van der Waals surface area contributed by atoms with Gasteiger partial charge in [0.15, 0.2) is 4.34 Å². The van der Waals surface area contributed by atoms with Crippen molar-refractivity contribution in [2.24, 2.45) is 0 Å². The zero-order valence-electron chi connectivity index (χ0n) is 18.6. The van der Waals surface area contributed by atoms with Crippen LogP contribution in [0.4, 0.5) is 11.4 Å². The molecule has 0 saturated heterocycles. The molecule has 4 aromatic rings. The molecule has 0 radical (unpaired) electrons. The summed E-state index contributed by atoms with van der Waals surface area (Å²) in [6.07, 6.45) is 1.14. The standard InChI is InChI=1S/C26H25N3O2S2/c1-17-7-6-10-21(18(17)2)28-25(31)16-32-26-29-22-13-12-20(15-23(22)33-26)27-24(30)14-11-19-8-4-3-5-9-19/h3-10,12-13,15H,11,14,16H2,1-2H3,(H,27,30)(H,28,31). The van der Waals surface area contributed by atoms with Crippen molar-refractivity contribution in [2.75, 3.05) is 16.4 Å². The third kappa shape index (κ3) is 6.21. The van der Waals surface area contributed by atoms with Crippen molar-refractivity contribution < 1.29 is 9.59 Å². The Bertz CT molecular complexity index is 1290. The first kappa shape index (κ1) is 23.0. The summed E-state index contributed by atoms with van der Waals surface area (Å²) >= 11 is 2.94. The maximum Gasteiger partial charge on any atom is 0.234 e. The van der Waals surface area contributed by atoms with Crippen molar-refractivity contribution in [3.05, 3.63) is 83.4 Å². The highest BCUT2D eigenvalue weighted by Gasteiger charge is 2.11. The lowest BCUT2D eigenvalue weighted by molar-refractivity contribution is -0.116. The van der Waals surface area contributed by atoms with Crippen LogP contribution in [-0.4, -0.2) is 22.6 Å². The molecule has 0 bridgehead atoms. The molecule has 0 aliphatic carbocycles.